The molecule has 0 saturated carbocycles. The summed E-state index contributed by atoms with van der Waals surface area (Å²) < 4.78 is 19.9. The second-order valence-corrected chi connectivity index (χ2v) is 5.63. The third-order valence-corrected chi connectivity index (χ3v) is 3.94. The molecule has 1 rings (SSSR count). The Morgan fingerprint density at radius 1 is 1.47 bits per heavy atom. The predicted octanol–water partition coefficient (Wildman–Crippen LogP) is 3.00. The van der Waals surface area contributed by atoms with Crippen molar-refractivity contribution in [3.63, 3.8) is 0 Å². The highest BCUT2D eigenvalue weighted by molar-refractivity contribution is 8.09. The summed E-state index contributed by atoms with van der Waals surface area (Å²) in [6, 6.07) is 3.58. The lowest BCUT2D eigenvalue weighted by molar-refractivity contribution is 0.267. The largest absolute Gasteiger partial charge is 0.463 e. The molecule has 15 heavy (non-hydrogen) atoms. The average molecular weight is 247 g/mol. The summed E-state index contributed by atoms with van der Waals surface area (Å²) in [7, 11) is 0. The van der Waals surface area contributed by atoms with Gasteiger partial charge in [-0.05, 0) is 37.8 Å². The minimum atomic E-state index is -2.52. The molecule has 0 fully saturated rings. The van der Waals surface area contributed by atoms with Gasteiger partial charge in [0.2, 0.25) is 0 Å². The van der Waals surface area contributed by atoms with Crippen molar-refractivity contribution in [2.75, 3.05) is 13.2 Å². The van der Waals surface area contributed by atoms with Crippen LogP contribution in [0, 0.1) is 0 Å². The highest BCUT2D eigenvalue weighted by Gasteiger charge is 2.15. The Balaban J connectivity index is 2.70. The lowest BCUT2D eigenvalue weighted by atomic mass is 10.5. The van der Waals surface area contributed by atoms with Gasteiger partial charge in [-0.25, -0.2) is 4.76 Å². The molecule has 0 N–H and O–H groups in total. The Morgan fingerprint density at radius 2 is 2.13 bits per heavy atom. The average Bonchev–Trinajstić information content (AvgIpc) is 2.68. The van der Waals surface area contributed by atoms with E-state index in [0.29, 0.717) is 19.0 Å². The lowest BCUT2D eigenvalue weighted by Crippen LogP contribution is -1.93. The lowest BCUT2D eigenvalue weighted by Gasteiger charge is -2.14. The van der Waals surface area contributed by atoms with Gasteiger partial charge in [-0.15, -0.1) is 0 Å². The molecule has 0 spiro atoms. The van der Waals surface area contributed by atoms with Crippen molar-refractivity contribution in [1.29, 1.82) is 0 Å². The molecule has 1 aromatic heterocycles. The van der Waals surface area contributed by atoms with Crippen LogP contribution in [0.2, 0.25) is 0 Å². The number of rotatable bonds is 6. The zero-order chi connectivity index (χ0) is 11.1. The van der Waals surface area contributed by atoms with Crippen LogP contribution in [0.4, 0.5) is 0 Å². The minimum Gasteiger partial charge on any atom is -0.463 e. The second kappa shape index (κ2) is 6.18. The first-order valence-corrected chi connectivity index (χ1v) is 7.27. The topological polar surface area (TPSA) is 44.0 Å². The summed E-state index contributed by atoms with van der Waals surface area (Å²) in [4.78, 5) is 0. The van der Waals surface area contributed by atoms with Crippen molar-refractivity contribution in [3.8, 4) is 0 Å². The van der Waals surface area contributed by atoms with Gasteiger partial charge in [0.05, 0.1) is 25.7 Å². The molecule has 1 aromatic rings. The summed E-state index contributed by atoms with van der Waals surface area (Å²) in [5.74, 6) is 0.642. The van der Waals surface area contributed by atoms with Crippen molar-refractivity contribution >= 4 is 24.7 Å². The fraction of sp³-hybridized carbons (Fsp3) is 0.444. The Hall–Kier alpha value is -0.480. The van der Waals surface area contributed by atoms with Crippen molar-refractivity contribution in [2.45, 2.75) is 13.8 Å². The molecule has 0 aromatic carbocycles. The van der Waals surface area contributed by atoms with Gasteiger partial charge in [-0.2, -0.15) is 0 Å². The van der Waals surface area contributed by atoms with Crippen LogP contribution < -0.4 is 0 Å². The fourth-order valence-electron chi connectivity index (χ4n) is 0.923. The van der Waals surface area contributed by atoms with Gasteiger partial charge in [0.1, 0.15) is 5.76 Å². The molecule has 0 bridgehead atoms. The molecule has 84 valence electrons. The van der Waals surface area contributed by atoms with Crippen LogP contribution in [-0.2, 0) is 20.9 Å². The van der Waals surface area contributed by atoms with E-state index in [0.717, 1.165) is 0 Å². The highest BCUT2D eigenvalue weighted by Crippen LogP contribution is 2.49. The van der Waals surface area contributed by atoms with Gasteiger partial charge in [0.15, 0.2) is 0 Å². The molecule has 0 unspecified atom stereocenters. The maximum absolute atomic E-state index is 5.33. The Morgan fingerprint density at radius 3 is 2.60 bits per heavy atom. The molecular formula is C9H14NO3PS. The Labute approximate surface area is 94.5 Å². The maximum atomic E-state index is 5.33. The van der Waals surface area contributed by atoms with E-state index in [1.165, 1.54) is 0 Å². The summed E-state index contributed by atoms with van der Waals surface area (Å²) in [5, 5.41) is 0. The standard InChI is InChI=1S/C9H14NO3PS/c1-3-12-14(15,13-4-2)10-8-9-6-5-7-11-9/h5-8H,3-4H2,1-2H3/b10-8+. The summed E-state index contributed by atoms with van der Waals surface area (Å²) in [5.41, 5.74) is 0. The molecule has 0 aliphatic rings. The molecule has 6 heteroatoms. The van der Waals surface area contributed by atoms with E-state index in [2.05, 4.69) is 4.76 Å². The molecule has 0 atom stereocenters. The summed E-state index contributed by atoms with van der Waals surface area (Å²) >= 11 is 5.20. The van der Waals surface area contributed by atoms with Crippen LogP contribution in [0.25, 0.3) is 0 Å². The van der Waals surface area contributed by atoms with Crippen LogP contribution in [0.1, 0.15) is 19.6 Å². The van der Waals surface area contributed by atoms with Crippen LogP contribution in [0.15, 0.2) is 27.6 Å². The minimum absolute atomic E-state index is 0.493. The zero-order valence-corrected chi connectivity index (χ0v) is 10.5. The molecule has 0 amide bonds. The molecule has 0 radical (unpaired) electrons. The number of nitrogens with zero attached hydrogens (tertiary/aromatic N) is 1. The number of hydrogen-bond acceptors (Lipinski definition) is 4. The van der Waals surface area contributed by atoms with E-state index in [-0.39, 0.29) is 0 Å². The van der Waals surface area contributed by atoms with E-state index < -0.39 is 6.64 Å². The number of hydrogen-bond donors (Lipinski definition) is 0. The van der Waals surface area contributed by atoms with Crippen LogP contribution in [-0.4, -0.2) is 19.4 Å². The first-order valence-electron chi connectivity index (χ1n) is 4.68. The van der Waals surface area contributed by atoms with E-state index in [9.17, 15) is 0 Å². The second-order valence-electron chi connectivity index (χ2n) is 2.56. The van der Waals surface area contributed by atoms with Crippen LogP contribution in [0.5, 0.6) is 0 Å². The predicted molar refractivity (Wildman–Crippen MR) is 63.8 cm³/mol. The normalized spacial score (nSPS) is 12.4. The zero-order valence-electron chi connectivity index (χ0n) is 8.75. The fourth-order valence-corrected chi connectivity index (χ4v) is 2.81. The molecule has 0 aliphatic carbocycles. The van der Waals surface area contributed by atoms with Crippen molar-refractivity contribution in [3.05, 3.63) is 24.2 Å². The third-order valence-electron chi connectivity index (χ3n) is 1.45. The molecule has 1 heterocycles. The van der Waals surface area contributed by atoms with Gasteiger partial charge < -0.3 is 13.5 Å². The number of furan rings is 1. The van der Waals surface area contributed by atoms with Crippen LogP contribution in [0.3, 0.4) is 0 Å². The van der Waals surface area contributed by atoms with E-state index in [1.807, 2.05) is 13.8 Å². The van der Waals surface area contributed by atoms with Gasteiger partial charge >= 0.3 is 6.64 Å². The van der Waals surface area contributed by atoms with Gasteiger partial charge in [-0.1, -0.05) is 0 Å². The Bertz CT molecular complexity index is 340. The maximum Gasteiger partial charge on any atom is 0.309 e. The SMILES string of the molecule is CCOP(=S)(/N=C/c1ccco1)OCC. The molecular weight excluding hydrogens is 233 g/mol. The quantitative estimate of drug-likeness (QED) is 0.572. The van der Waals surface area contributed by atoms with Crippen molar-refractivity contribution in [1.82, 2.24) is 0 Å². The summed E-state index contributed by atoms with van der Waals surface area (Å²) in [6.07, 6.45) is 3.12. The smallest absolute Gasteiger partial charge is 0.309 e. The van der Waals surface area contributed by atoms with E-state index in [1.54, 1.807) is 24.6 Å². The van der Waals surface area contributed by atoms with Crippen LogP contribution >= 0.6 is 6.64 Å². The van der Waals surface area contributed by atoms with Gasteiger partial charge in [-0.3, -0.25) is 0 Å². The molecule has 4 nitrogen and oxygen atoms in total. The van der Waals surface area contributed by atoms with Gasteiger partial charge in [0, 0.05) is 0 Å². The van der Waals surface area contributed by atoms with Crippen molar-refractivity contribution in [2.24, 2.45) is 4.76 Å². The third kappa shape index (κ3) is 4.26. The highest BCUT2D eigenvalue weighted by atomic mass is 32.5. The first-order chi connectivity index (χ1) is 7.20. The van der Waals surface area contributed by atoms with Crippen molar-refractivity contribution < 1.29 is 13.5 Å². The molecule has 0 saturated heterocycles. The molecule has 0 aliphatic heterocycles. The summed E-state index contributed by atoms with van der Waals surface area (Å²) in [6.45, 7) is 2.20. The monoisotopic (exact) mass is 247 g/mol. The Kier molecular flexibility index (Phi) is 5.19. The first kappa shape index (κ1) is 12.6. The van der Waals surface area contributed by atoms with Gasteiger partial charge in [0.25, 0.3) is 0 Å². The van der Waals surface area contributed by atoms with E-state index >= 15 is 0 Å². The van der Waals surface area contributed by atoms with E-state index in [4.69, 9.17) is 25.3 Å².